The number of rotatable bonds is 7. The molecule has 0 radical (unpaired) electrons. The SMILES string of the molecule is CC.CCc1cnc(N2CCC(C(C)OC(=N)Sc3ncc(-c4ccc(S(C)=O)cc4F)[nH]3)CC2)nc1. The number of piperidine rings is 1. The van der Waals surface area contributed by atoms with Crippen LogP contribution in [-0.2, 0) is 22.0 Å². The lowest BCUT2D eigenvalue weighted by Crippen LogP contribution is -2.39. The fraction of sp³-hybridized carbons (Fsp3) is 0.462. The number of nitrogens with one attached hydrogen (secondary N) is 2. The van der Waals surface area contributed by atoms with Crippen LogP contribution in [-0.4, -0.2) is 54.8 Å². The lowest BCUT2D eigenvalue weighted by Gasteiger charge is -2.34. The second kappa shape index (κ2) is 13.7. The lowest BCUT2D eigenvalue weighted by atomic mass is 9.92. The van der Waals surface area contributed by atoms with Crippen molar-refractivity contribution in [2.75, 3.05) is 24.2 Å². The van der Waals surface area contributed by atoms with E-state index in [9.17, 15) is 8.60 Å². The van der Waals surface area contributed by atoms with Crippen LogP contribution in [0.1, 0.15) is 46.1 Å². The van der Waals surface area contributed by atoms with Crippen molar-refractivity contribution in [1.82, 2.24) is 19.9 Å². The largest absolute Gasteiger partial charge is 0.470 e. The quantitative estimate of drug-likeness (QED) is 0.223. The zero-order valence-corrected chi connectivity index (χ0v) is 23.6. The minimum atomic E-state index is -1.25. The van der Waals surface area contributed by atoms with Crippen molar-refractivity contribution in [3.8, 4) is 11.3 Å². The minimum Gasteiger partial charge on any atom is -0.470 e. The van der Waals surface area contributed by atoms with E-state index < -0.39 is 16.6 Å². The third-order valence-electron chi connectivity index (χ3n) is 6.18. The Morgan fingerprint density at radius 2 is 1.92 bits per heavy atom. The number of hydrogen-bond donors (Lipinski definition) is 2. The van der Waals surface area contributed by atoms with Crippen molar-refractivity contribution in [3.63, 3.8) is 0 Å². The molecule has 1 aromatic carbocycles. The molecule has 0 spiro atoms. The normalized spacial score (nSPS) is 15.5. The van der Waals surface area contributed by atoms with E-state index in [-0.39, 0.29) is 11.3 Å². The van der Waals surface area contributed by atoms with Gasteiger partial charge in [-0.25, -0.2) is 19.3 Å². The van der Waals surface area contributed by atoms with Crippen LogP contribution in [0.4, 0.5) is 10.3 Å². The van der Waals surface area contributed by atoms with Gasteiger partial charge in [-0.05, 0) is 55.9 Å². The van der Waals surface area contributed by atoms with Gasteiger partial charge in [-0.15, -0.1) is 0 Å². The molecule has 2 N–H and O–H groups in total. The highest BCUT2D eigenvalue weighted by Crippen LogP contribution is 2.28. The van der Waals surface area contributed by atoms with Gasteiger partial charge >= 0.3 is 0 Å². The highest BCUT2D eigenvalue weighted by atomic mass is 32.2. The number of aromatic nitrogens is 4. The van der Waals surface area contributed by atoms with Gasteiger partial charge in [0.15, 0.2) is 5.16 Å². The van der Waals surface area contributed by atoms with E-state index in [1.165, 1.54) is 18.5 Å². The van der Waals surface area contributed by atoms with E-state index in [0.29, 0.717) is 27.2 Å². The zero-order valence-electron chi connectivity index (χ0n) is 22.0. The van der Waals surface area contributed by atoms with Gasteiger partial charge in [0.2, 0.25) is 5.95 Å². The number of thioether (sulfide) groups is 1. The maximum absolute atomic E-state index is 14.4. The molecule has 4 rings (SSSR count). The predicted octanol–water partition coefficient (Wildman–Crippen LogP) is 5.68. The summed E-state index contributed by atoms with van der Waals surface area (Å²) in [5, 5.41) is 8.75. The first kappa shape index (κ1) is 28.8. The molecular weight excluding hydrogens is 511 g/mol. The molecule has 1 aliphatic heterocycles. The van der Waals surface area contributed by atoms with Gasteiger partial charge in [0.05, 0.1) is 11.9 Å². The van der Waals surface area contributed by atoms with Gasteiger partial charge in [0, 0.05) is 64.8 Å². The van der Waals surface area contributed by atoms with Gasteiger partial charge in [-0.3, -0.25) is 9.62 Å². The first-order chi connectivity index (χ1) is 17.8. The molecule has 2 aromatic heterocycles. The van der Waals surface area contributed by atoms with Crippen molar-refractivity contribution in [2.24, 2.45) is 5.92 Å². The standard InChI is InChI=1S/C24H29FN6O2S2.C2H6/c1-4-16-12-27-23(28-13-16)31-9-7-17(8-10-31)15(2)33-22(26)34-24-29-14-21(30-24)19-6-5-18(35(3)32)11-20(19)25;1-2/h5-6,11-15,17,26H,4,7-10H2,1-3H3,(H,29,30);1-2H3. The summed E-state index contributed by atoms with van der Waals surface area (Å²) in [4.78, 5) is 18.9. The molecule has 1 aliphatic rings. The molecule has 3 aromatic rings. The second-order valence-corrected chi connectivity index (χ2v) is 10.8. The van der Waals surface area contributed by atoms with Gasteiger partial charge in [0.1, 0.15) is 11.9 Å². The molecule has 8 nitrogen and oxygen atoms in total. The van der Waals surface area contributed by atoms with Gasteiger partial charge in [-0.2, -0.15) is 0 Å². The number of aryl methyl sites for hydroxylation is 1. The summed E-state index contributed by atoms with van der Waals surface area (Å²) in [5.74, 6) is 0.613. The summed E-state index contributed by atoms with van der Waals surface area (Å²) in [6.45, 7) is 9.77. The summed E-state index contributed by atoms with van der Waals surface area (Å²) < 4.78 is 31.9. The summed E-state index contributed by atoms with van der Waals surface area (Å²) in [6.07, 6.45) is 9.47. The Balaban J connectivity index is 0.00000186. The van der Waals surface area contributed by atoms with Crippen LogP contribution in [0.15, 0.2) is 46.8 Å². The van der Waals surface area contributed by atoms with Crippen molar-refractivity contribution < 1.29 is 13.3 Å². The van der Waals surface area contributed by atoms with Crippen LogP contribution in [0, 0.1) is 17.1 Å². The number of nitrogens with zero attached hydrogens (tertiary/aromatic N) is 4. The summed E-state index contributed by atoms with van der Waals surface area (Å²) in [6, 6.07) is 4.48. The Morgan fingerprint density at radius 1 is 1.24 bits per heavy atom. The predicted molar refractivity (Wildman–Crippen MR) is 148 cm³/mol. The zero-order chi connectivity index (χ0) is 26.9. The highest BCUT2D eigenvalue weighted by Gasteiger charge is 2.27. The summed E-state index contributed by atoms with van der Waals surface area (Å²) in [5.41, 5.74) is 1.95. The topological polar surface area (TPSA) is 108 Å². The van der Waals surface area contributed by atoms with E-state index >= 15 is 0 Å². The van der Waals surface area contributed by atoms with E-state index in [1.807, 2.05) is 33.2 Å². The molecule has 11 heteroatoms. The van der Waals surface area contributed by atoms with E-state index in [2.05, 4.69) is 31.8 Å². The number of aromatic amines is 1. The number of halogens is 1. The van der Waals surface area contributed by atoms with Crippen LogP contribution in [0.2, 0.25) is 0 Å². The number of benzene rings is 1. The Kier molecular flexibility index (Phi) is 10.6. The van der Waals surface area contributed by atoms with Gasteiger partial charge in [0.25, 0.3) is 5.23 Å². The molecule has 200 valence electrons. The van der Waals surface area contributed by atoms with Crippen LogP contribution in [0.3, 0.4) is 0 Å². The number of hydrogen-bond acceptors (Lipinski definition) is 8. The number of H-pyrrole nitrogens is 1. The van der Waals surface area contributed by atoms with Crippen LogP contribution in [0.25, 0.3) is 11.3 Å². The molecule has 0 saturated carbocycles. The molecule has 0 bridgehead atoms. The van der Waals surface area contributed by atoms with E-state index in [1.54, 1.807) is 12.1 Å². The Bertz CT molecular complexity index is 1200. The molecule has 1 saturated heterocycles. The summed E-state index contributed by atoms with van der Waals surface area (Å²) >= 11 is 1.06. The van der Waals surface area contributed by atoms with Gasteiger partial charge in [-0.1, -0.05) is 20.8 Å². The molecule has 0 amide bonds. The van der Waals surface area contributed by atoms with E-state index in [4.69, 9.17) is 10.1 Å². The second-order valence-electron chi connectivity index (χ2n) is 8.48. The molecule has 0 aliphatic carbocycles. The first-order valence-corrected chi connectivity index (χ1v) is 14.9. The highest BCUT2D eigenvalue weighted by molar-refractivity contribution is 8.13. The van der Waals surface area contributed by atoms with Crippen molar-refractivity contribution in [3.05, 3.63) is 48.2 Å². The lowest BCUT2D eigenvalue weighted by molar-refractivity contribution is 0.125. The maximum atomic E-state index is 14.4. The average molecular weight is 547 g/mol. The maximum Gasteiger partial charge on any atom is 0.251 e. The molecule has 1 fully saturated rings. The van der Waals surface area contributed by atoms with Crippen molar-refractivity contribution >= 4 is 33.7 Å². The smallest absolute Gasteiger partial charge is 0.251 e. The van der Waals surface area contributed by atoms with Crippen LogP contribution in [0.5, 0.6) is 0 Å². The third kappa shape index (κ3) is 7.61. The van der Waals surface area contributed by atoms with Gasteiger partial charge < -0.3 is 14.6 Å². The molecule has 2 unspecified atom stereocenters. The fourth-order valence-corrected chi connectivity index (χ4v) is 5.20. The third-order valence-corrected chi connectivity index (χ3v) is 7.78. The van der Waals surface area contributed by atoms with Crippen molar-refractivity contribution in [2.45, 2.75) is 63.1 Å². The van der Waals surface area contributed by atoms with Crippen molar-refractivity contribution in [1.29, 1.82) is 5.41 Å². The minimum absolute atomic E-state index is 0.0384. The monoisotopic (exact) mass is 546 g/mol. The average Bonchev–Trinajstić information content (AvgIpc) is 3.37. The molecule has 37 heavy (non-hydrogen) atoms. The Morgan fingerprint density at radius 3 is 2.51 bits per heavy atom. The Hall–Kier alpha value is -2.79. The number of ether oxygens (including phenoxy) is 1. The summed E-state index contributed by atoms with van der Waals surface area (Å²) in [7, 11) is -1.25. The van der Waals surface area contributed by atoms with Crippen LogP contribution < -0.4 is 4.90 Å². The fourth-order valence-electron chi connectivity index (χ4n) is 4.02. The number of anilines is 1. The first-order valence-electron chi connectivity index (χ1n) is 12.5. The van der Waals surface area contributed by atoms with E-state index in [0.717, 1.165) is 55.6 Å². The molecule has 3 heterocycles. The molecule has 2 atom stereocenters. The Labute approximate surface area is 224 Å². The number of imidazole rings is 1. The molecular formula is C26H35FN6O2S2. The van der Waals surface area contributed by atoms with Crippen LogP contribution >= 0.6 is 11.8 Å².